The van der Waals surface area contributed by atoms with Gasteiger partial charge >= 0.3 is 0 Å². The summed E-state index contributed by atoms with van der Waals surface area (Å²) in [6.45, 7) is 1.48. The summed E-state index contributed by atoms with van der Waals surface area (Å²) >= 11 is 0. The number of carbonyl (C=O) groups excluding carboxylic acids is 1. The number of imidazole rings is 1. The summed E-state index contributed by atoms with van der Waals surface area (Å²) in [4.78, 5) is 16.2. The Morgan fingerprint density at radius 3 is 2.57 bits per heavy atom. The zero-order valence-electron chi connectivity index (χ0n) is 16.4. The van der Waals surface area contributed by atoms with E-state index in [-0.39, 0.29) is 11.4 Å². The number of methoxy groups -OCH3 is 1. The maximum Gasteiger partial charge on any atom is 0.241 e. The van der Waals surface area contributed by atoms with Crippen LogP contribution in [-0.2, 0) is 21.4 Å². The molecule has 0 aliphatic heterocycles. The van der Waals surface area contributed by atoms with Gasteiger partial charge in [0.05, 0.1) is 30.1 Å². The zero-order chi connectivity index (χ0) is 21.7. The molecule has 1 atom stereocenters. The highest BCUT2D eigenvalue weighted by atomic mass is 32.2. The molecular formula is C20H21FN4O4S. The number of hydrogen-bond donors (Lipinski definition) is 2. The fraction of sp³-hybridized carbons (Fsp3) is 0.200. The molecule has 0 radical (unpaired) electrons. The first-order valence-electron chi connectivity index (χ1n) is 9.01. The first-order valence-corrected chi connectivity index (χ1v) is 10.5. The summed E-state index contributed by atoms with van der Waals surface area (Å²) in [6, 6.07) is 9.34. The van der Waals surface area contributed by atoms with Crippen LogP contribution in [-0.4, -0.2) is 37.0 Å². The Morgan fingerprint density at radius 2 is 1.97 bits per heavy atom. The monoisotopic (exact) mass is 432 g/mol. The van der Waals surface area contributed by atoms with Crippen LogP contribution in [0.2, 0.25) is 0 Å². The average Bonchev–Trinajstić information content (AvgIpc) is 3.26. The standard InChI is InChI=1S/C20H21FN4O4S/c1-14(24-30(27,28)17-6-4-16(29-2)5-7-17)20(26)23-12-15-3-8-19(18(21)11-15)25-10-9-22-13-25/h3-11,13-14,24H,12H2,1-2H3,(H,23,26)/t14-/m0/s1. The smallest absolute Gasteiger partial charge is 0.241 e. The molecule has 0 spiro atoms. The number of carbonyl (C=O) groups is 1. The number of sulfonamides is 1. The molecule has 0 unspecified atom stereocenters. The number of aromatic nitrogens is 2. The molecular weight excluding hydrogens is 411 g/mol. The second kappa shape index (κ2) is 9.06. The predicted octanol–water partition coefficient (Wildman–Crippen LogP) is 2.00. The second-order valence-electron chi connectivity index (χ2n) is 6.49. The first kappa shape index (κ1) is 21.5. The van der Waals surface area contributed by atoms with Crippen LogP contribution < -0.4 is 14.8 Å². The highest BCUT2D eigenvalue weighted by Gasteiger charge is 2.22. The second-order valence-corrected chi connectivity index (χ2v) is 8.21. The number of ether oxygens (including phenoxy) is 1. The Kier molecular flexibility index (Phi) is 6.48. The molecule has 2 N–H and O–H groups in total. The van der Waals surface area contributed by atoms with Crippen molar-refractivity contribution in [3.05, 3.63) is 72.6 Å². The van der Waals surface area contributed by atoms with Gasteiger partial charge in [0.15, 0.2) is 0 Å². The predicted molar refractivity (Wildman–Crippen MR) is 108 cm³/mol. The number of hydrogen-bond acceptors (Lipinski definition) is 5. The minimum Gasteiger partial charge on any atom is -0.497 e. The third-order valence-corrected chi connectivity index (χ3v) is 5.91. The third kappa shape index (κ3) is 5.02. The molecule has 158 valence electrons. The molecule has 0 fully saturated rings. The maximum atomic E-state index is 14.3. The molecule has 10 heteroatoms. The van der Waals surface area contributed by atoms with Crippen LogP contribution in [0, 0.1) is 5.82 Å². The van der Waals surface area contributed by atoms with Gasteiger partial charge in [0.2, 0.25) is 15.9 Å². The highest BCUT2D eigenvalue weighted by Crippen LogP contribution is 2.16. The number of nitrogens with zero attached hydrogens (tertiary/aromatic N) is 2. The van der Waals surface area contributed by atoms with Crippen molar-refractivity contribution < 1.29 is 22.3 Å². The molecule has 0 saturated carbocycles. The molecule has 3 aromatic rings. The number of amides is 1. The van der Waals surface area contributed by atoms with Crippen molar-refractivity contribution in [2.24, 2.45) is 0 Å². The summed E-state index contributed by atoms with van der Waals surface area (Å²) < 4.78 is 48.0. The van der Waals surface area contributed by atoms with Crippen molar-refractivity contribution in [3.63, 3.8) is 0 Å². The van der Waals surface area contributed by atoms with Gasteiger partial charge in [-0.25, -0.2) is 17.8 Å². The summed E-state index contributed by atoms with van der Waals surface area (Å²) in [5.74, 6) is -0.481. The topological polar surface area (TPSA) is 102 Å². The number of halogens is 1. The summed E-state index contributed by atoms with van der Waals surface area (Å²) in [6.07, 6.45) is 4.65. The molecule has 1 amide bonds. The lowest BCUT2D eigenvalue weighted by Gasteiger charge is -2.15. The average molecular weight is 432 g/mol. The Balaban J connectivity index is 1.59. The van der Waals surface area contributed by atoms with Crippen molar-refractivity contribution in [3.8, 4) is 11.4 Å². The first-order chi connectivity index (χ1) is 14.3. The number of nitrogens with one attached hydrogen (secondary N) is 2. The van der Waals surface area contributed by atoms with E-state index in [2.05, 4.69) is 15.0 Å². The Hall–Kier alpha value is -3.24. The highest BCUT2D eigenvalue weighted by molar-refractivity contribution is 7.89. The fourth-order valence-corrected chi connectivity index (χ4v) is 3.93. The third-order valence-electron chi connectivity index (χ3n) is 4.36. The lowest BCUT2D eigenvalue weighted by atomic mass is 10.2. The van der Waals surface area contributed by atoms with Gasteiger partial charge in [-0.3, -0.25) is 4.79 Å². The van der Waals surface area contributed by atoms with Crippen LogP contribution in [0.1, 0.15) is 12.5 Å². The van der Waals surface area contributed by atoms with E-state index in [1.54, 1.807) is 24.5 Å². The molecule has 1 heterocycles. The lowest BCUT2D eigenvalue weighted by Crippen LogP contribution is -2.44. The normalized spacial score (nSPS) is 12.4. The minimum absolute atomic E-state index is 0.0140. The van der Waals surface area contributed by atoms with E-state index < -0.39 is 27.8 Å². The fourth-order valence-electron chi connectivity index (χ4n) is 2.72. The molecule has 1 aromatic heterocycles. The maximum absolute atomic E-state index is 14.3. The van der Waals surface area contributed by atoms with Crippen molar-refractivity contribution in [1.29, 1.82) is 0 Å². The van der Waals surface area contributed by atoms with Crippen LogP contribution in [0.15, 0.2) is 66.1 Å². The van der Waals surface area contributed by atoms with E-state index in [1.165, 1.54) is 55.3 Å². The minimum atomic E-state index is -3.88. The summed E-state index contributed by atoms with van der Waals surface area (Å²) in [5.41, 5.74) is 0.873. The Morgan fingerprint density at radius 1 is 1.23 bits per heavy atom. The summed E-state index contributed by atoms with van der Waals surface area (Å²) in [7, 11) is -2.41. The van der Waals surface area contributed by atoms with Crippen LogP contribution >= 0.6 is 0 Å². The van der Waals surface area contributed by atoms with E-state index in [9.17, 15) is 17.6 Å². The van der Waals surface area contributed by atoms with Gasteiger partial charge in [-0.2, -0.15) is 4.72 Å². The zero-order valence-corrected chi connectivity index (χ0v) is 17.2. The molecule has 0 bridgehead atoms. The molecule has 30 heavy (non-hydrogen) atoms. The van der Waals surface area contributed by atoms with E-state index in [1.807, 2.05) is 0 Å². The van der Waals surface area contributed by atoms with E-state index in [0.717, 1.165) is 0 Å². The quantitative estimate of drug-likeness (QED) is 0.567. The van der Waals surface area contributed by atoms with Gasteiger partial charge in [-0.05, 0) is 48.9 Å². The lowest BCUT2D eigenvalue weighted by molar-refractivity contribution is -0.122. The molecule has 3 rings (SSSR count). The van der Waals surface area contributed by atoms with E-state index in [4.69, 9.17) is 4.74 Å². The number of rotatable bonds is 8. The molecule has 8 nitrogen and oxygen atoms in total. The van der Waals surface area contributed by atoms with Gasteiger partial charge in [0.1, 0.15) is 11.6 Å². The van der Waals surface area contributed by atoms with Crippen molar-refractivity contribution in [1.82, 2.24) is 19.6 Å². The van der Waals surface area contributed by atoms with Gasteiger partial charge in [-0.15, -0.1) is 0 Å². The van der Waals surface area contributed by atoms with Gasteiger partial charge in [-0.1, -0.05) is 6.07 Å². The number of benzene rings is 2. The Labute approximate surface area is 173 Å². The van der Waals surface area contributed by atoms with Gasteiger partial charge in [0.25, 0.3) is 0 Å². The van der Waals surface area contributed by atoms with Crippen LogP contribution in [0.5, 0.6) is 5.75 Å². The van der Waals surface area contributed by atoms with Crippen molar-refractivity contribution in [2.45, 2.75) is 24.4 Å². The van der Waals surface area contributed by atoms with Crippen molar-refractivity contribution in [2.75, 3.05) is 7.11 Å². The Bertz CT molecular complexity index is 1120. The largest absolute Gasteiger partial charge is 0.497 e. The van der Waals surface area contributed by atoms with Gasteiger partial charge < -0.3 is 14.6 Å². The van der Waals surface area contributed by atoms with Crippen LogP contribution in [0.25, 0.3) is 5.69 Å². The molecule has 0 aliphatic rings. The molecule has 2 aromatic carbocycles. The van der Waals surface area contributed by atoms with Crippen LogP contribution in [0.3, 0.4) is 0 Å². The SMILES string of the molecule is COc1ccc(S(=O)(=O)N[C@@H](C)C(=O)NCc2ccc(-n3ccnc3)c(F)c2)cc1. The van der Waals surface area contributed by atoms with Crippen LogP contribution in [0.4, 0.5) is 4.39 Å². The molecule has 0 saturated heterocycles. The van der Waals surface area contributed by atoms with E-state index in [0.29, 0.717) is 17.0 Å². The van der Waals surface area contributed by atoms with E-state index >= 15 is 0 Å². The summed E-state index contributed by atoms with van der Waals surface area (Å²) in [5, 5.41) is 2.60. The van der Waals surface area contributed by atoms with Crippen molar-refractivity contribution >= 4 is 15.9 Å². The molecule has 0 aliphatic carbocycles. The van der Waals surface area contributed by atoms with Gasteiger partial charge in [0, 0.05) is 18.9 Å².